The fourth-order valence-corrected chi connectivity index (χ4v) is 5.59. The van der Waals surface area contributed by atoms with Crippen LogP contribution in [0.15, 0.2) is 0 Å². The molecule has 0 aliphatic carbocycles. The molecule has 0 aromatic heterocycles. The highest BCUT2D eigenvalue weighted by Crippen LogP contribution is 2.36. The summed E-state index contributed by atoms with van der Waals surface area (Å²) in [6, 6.07) is 0. The second-order valence-electron chi connectivity index (χ2n) is 27.6. The van der Waals surface area contributed by atoms with E-state index in [1.165, 1.54) is 0 Å². The molecule has 0 bridgehead atoms. The van der Waals surface area contributed by atoms with Crippen LogP contribution in [0.2, 0.25) is 0 Å². The molecule has 0 saturated carbocycles. The zero-order valence-electron chi connectivity index (χ0n) is 61.2. The van der Waals surface area contributed by atoms with Crippen LogP contribution in [0, 0.1) is 104 Å². The zero-order valence-corrected chi connectivity index (χ0v) is 61.2. The molecule has 0 heterocycles. The van der Waals surface area contributed by atoms with E-state index >= 15 is 0 Å². The van der Waals surface area contributed by atoms with E-state index in [0.717, 1.165) is 32.1 Å². The minimum absolute atomic E-state index is 0.151. The van der Waals surface area contributed by atoms with Gasteiger partial charge in [0.1, 0.15) is 0 Å². The third-order valence-corrected chi connectivity index (χ3v) is 15.3. The van der Waals surface area contributed by atoms with Crippen LogP contribution in [0.4, 0.5) is 0 Å². The lowest BCUT2D eigenvalue weighted by Gasteiger charge is -2.39. The highest BCUT2D eigenvalue weighted by molar-refractivity contribution is 5.81. The fraction of sp³-hybridized carbons (Fsp3) is 0.767. The average Bonchev–Trinajstić information content (AvgIpc) is 2.49. The van der Waals surface area contributed by atoms with Gasteiger partial charge >= 0.3 is 41.8 Å². The van der Waals surface area contributed by atoms with Gasteiger partial charge in [0.25, 0.3) is 0 Å². The molecule has 0 N–H and O–H groups in total. The molecular weight excluding hydrogens is 1100 g/mol. The van der Waals surface area contributed by atoms with E-state index in [1.54, 1.807) is 83.1 Å². The first-order chi connectivity index (χ1) is 39.2. The molecule has 2 atom stereocenters. The van der Waals surface area contributed by atoms with Crippen LogP contribution in [0.3, 0.4) is 0 Å². The van der Waals surface area contributed by atoms with Crippen LogP contribution in [-0.4, -0.2) is 83.0 Å². The van der Waals surface area contributed by atoms with Crippen molar-refractivity contribution in [3.05, 3.63) is 0 Å². The molecular formula is C73H122O14. The van der Waals surface area contributed by atoms with Gasteiger partial charge in [-0.1, -0.05) is 132 Å². The predicted octanol–water partition coefficient (Wildman–Crippen LogP) is 16.0. The van der Waals surface area contributed by atoms with Crippen molar-refractivity contribution in [1.29, 1.82) is 0 Å². The van der Waals surface area contributed by atoms with Gasteiger partial charge in [-0.05, 0) is 183 Å². The third kappa shape index (κ3) is 35.6. The van der Waals surface area contributed by atoms with E-state index in [2.05, 4.69) is 59.2 Å². The number of ether oxygens (including phenoxy) is 7. The first kappa shape index (κ1) is 89.8. The smallest absolute Gasteiger partial charge is 0.345 e. The van der Waals surface area contributed by atoms with E-state index in [0.29, 0.717) is 12.8 Å². The van der Waals surface area contributed by atoms with Crippen LogP contribution in [0.25, 0.3) is 0 Å². The maximum absolute atomic E-state index is 12.1. The molecule has 0 aliphatic heterocycles. The van der Waals surface area contributed by atoms with Gasteiger partial charge in [0.15, 0.2) is 41.2 Å². The predicted molar refractivity (Wildman–Crippen MR) is 352 cm³/mol. The van der Waals surface area contributed by atoms with Crippen molar-refractivity contribution in [1.82, 2.24) is 0 Å². The van der Waals surface area contributed by atoms with Gasteiger partial charge < -0.3 is 33.2 Å². The van der Waals surface area contributed by atoms with E-state index in [4.69, 9.17) is 33.2 Å². The van der Waals surface area contributed by atoms with Crippen LogP contribution >= 0.6 is 0 Å². The molecule has 0 rings (SSSR count). The molecule has 0 amide bonds. The number of hydrogen-bond acceptors (Lipinski definition) is 14. The molecule has 0 aromatic carbocycles. The maximum atomic E-state index is 12.1. The number of esters is 7. The van der Waals surface area contributed by atoms with Gasteiger partial charge in [-0.15, -0.1) is 23.7 Å². The highest BCUT2D eigenvalue weighted by Gasteiger charge is 2.43. The van der Waals surface area contributed by atoms with Gasteiger partial charge in [0.05, 0.1) is 27.1 Å². The van der Waals surface area contributed by atoms with Crippen LogP contribution in [-0.2, 0) is 66.7 Å². The Morgan fingerprint density at radius 1 is 0.345 bits per heavy atom. The zero-order chi connectivity index (χ0) is 70.1. The molecule has 87 heavy (non-hydrogen) atoms. The molecule has 2 unspecified atom stereocenters. The summed E-state index contributed by atoms with van der Waals surface area (Å²) in [5.41, 5.74) is -6.48. The molecule has 14 nitrogen and oxygen atoms in total. The first-order valence-corrected chi connectivity index (χ1v) is 31.0. The summed E-state index contributed by atoms with van der Waals surface area (Å²) in [4.78, 5) is 82.7. The second-order valence-corrected chi connectivity index (χ2v) is 27.6. The second kappa shape index (κ2) is 39.2. The fourth-order valence-electron chi connectivity index (χ4n) is 5.59. The largest absolute Gasteiger partial charge is 0.453 e. The van der Waals surface area contributed by atoms with Crippen molar-refractivity contribution in [2.75, 3.05) is 13.2 Å². The van der Waals surface area contributed by atoms with E-state index < -0.39 is 79.0 Å². The van der Waals surface area contributed by atoms with Crippen LogP contribution in [0.1, 0.15) is 280 Å². The Kier molecular flexibility index (Phi) is 40.5. The summed E-state index contributed by atoms with van der Waals surface area (Å²) in [6.45, 7) is 63.0. The summed E-state index contributed by atoms with van der Waals surface area (Å²) in [7, 11) is 0. The number of carbonyl (C=O) groups excluding carboxylic acids is 7. The van der Waals surface area contributed by atoms with Gasteiger partial charge in [-0.25, -0.2) is 9.59 Å². The molecule has 0 spiro atoms. The van der Waals surface area contributed by atoms with Crippen molar-refractivity contribution in [2.24, 2.45) is 44.3 Å². The minimum Gasteiger partial charge on any atom is -0.453 e. The van der Waals surface area contributed by atoms with Crippen molar-refractivity contribution in [3.63, 3.8) is 0 Å². The van der Waals surface area contributed by atoms with Gasteiger partial charge in [-0.3, -0.25) is 24.0 Å². The average molecular weight is 1220 g/mol. The Balaban J connectivity index is -0.000000323. The molecule has 0 saturated heterocycles. The molecule has 0 fully saturated rings. The quantitative estimate of drug-likeness (QED) is 0.0566. The normalized spacial score (nSPS) is 12.9. The molecule has 0 aliphatic rings. The van der Waals surface area contributed by atoms with Crippen LogP contribution in [0.5, 0.6) is 0 Å². The molecule has 14 heteroatoms. The third-order valence-electron chi connectivity index (χ3n) is 15.3. The van der Waals surface area contributed by atoms with Gasteiger partial charge in [0.2, 0.25) is 0 Å². The van der Waals surface area contributed by atoms with E-state index in [9.17, 15) is 33.6 Å². The summed E-state index contributed by atoms with van der Waals surface area (Å²) in [5.74, 6) is 26.8. The Hall–Kier alpha value is -5.91. The van der Waals surface area contributed by atoms with Crippen molar-refractivity contribution < 1.29 is 66.7 Å². The SMILES string of the molecule is CC#CC(C)(C)OC(=O)COC(=O)C(C)(C)CC.CC#CC(C)(OC(=O)C(C)(C)CC)C(C)(C)C.CC#CC(C)(OC(=O)C(C)(C)CC)C(C)C.CC#CC(CC)(CC)OC(=O)C(C)(C)CC.CCC(C)(C)C(=O)OCC(=O)OC(C)(C)C#CC(C)C. The minimum atomic E-state index is -0.881. The molecule has 0 radical (unpaired) electrons. The monoisotopic (exact) mass is 1220 g/mol. The Labute approximate surface area is 531 Å². The van der Waals surface area contributed by atoms with Crippen molar-refractivity contribution >= 4 is 41.8 Å². The van der Waals surface area contributed by atoms with Crippen molar-refractivity contribution in [2.45, 2.75) is 308 Å². The lowest BCUT2D eigenvalue weighted by molar-refractivity contribution is -0.172. The summed E-state index contributed by atoms with van der Waals surface area (Å²) >= 11 is 0. The van der Waals surface area contributed by atoms with Crippen molar-refractivity contribution in [3.8, 4) is 59.2 Å². The summed E-state index contributed by atoms with van der Waals surface area (Å²) < 4.78 is 37.1. The Morgan fingerprint density at radius 2 is 0.644 bits per heavy atom. The molecule has 498 valence electrons. The first-order valence-electron chi connectivity index (χ1n) is 31.0. The van der Waals surface area contributed by atoms with E-state index in [1.807, 2.05) is 152 Å². The van der Waals surface area contributed by atoms with Gasteiger partial charge in [-0.2, -0.15) is 0 Å². The topological polar surface area (TPSA) is 184 Å². The number of rotatable bonds is 22. The van der Waals surface area contributed by atoms with Gasteiger partial charge in [0, 0.05) is 17.3 Å². The lowest BCUT2D eigenvalue weighted by atomic mass is 9.77. The highest BCUT2D eigenvalue weighted by atomic mass is 16.6. The molecule has 0 aromatic rings. The number of carbonyl (C=O) groups is 7. The summed E-state index contributed by atoms with van der Waals surface area (Å²) in [6.07, 6.45) is 5.05. The maximum Gasteiger partial charge on any atom is 0.345 e. The Morgan fingerprint density at radius 3 is 0.920 bits per heavy atom. The van der Waals surface area contributed by atoms with Crippen LogP contribution < -0.4 is 0 Å². The summed E-state index contributed by atoms with van der Waals surface area (Å²) in [5, 5.41) is 0. The Bertz CT molecular complexity index is 2470. The lowest BCUT2D eigenvalue weighted by Crippen LogP contribution is -2.45. The number of hydrogen-bond donors (Lipinski definition) is 0. The van der Waals surface area contributed by atoms with E-state index in [-0.39, 0.29) is 48.4 Å². The standard InChI is InChI=1S/C16H26O4.C15H26O2.C14H22O4.2C14H24O2/c1-8-15(4,5)14(18)19-11-13(17)20-16(6,7)10-9-12(2)3;1-9-11-15(8,13(3,4)5)17-12(16)14(6,7)10-2;1-7-9-14(5,6)18-11(15)10-17-12(16)13(3,4)8-2;1-8-10-14(7,11(3)4)16-12(15)13(5,6)9-2;1-7-11-14(9-3,10-4)16-12(15)13(5,6)8-2/h12H,8,11H2,1-7H3;10H2,1-8H3;8,10H2,1-6H3;11H,9H2,1-7H3;8-10H2,1-6H3.